The van der Waals surface area contributed by atoms with E-state index >= 15 is 0 Å². The van der Waals surface area contributed by atoms with Crippen LogP contribution in [-0.2, 0) is 0 Å². The number of benzene rings is 2. The lowest BCUT2D eigenvalue weighted by Gasteiger charge is -2.08. The van der Waals surface area contributed by atoms with Gasteiger partial charge in [-0.2, -0.15) is 0 Å². The smallest absolute Gasteiger partial charge is 0.124 e. The molecule has 0 heterocycles. The highest BCUT2D eigenvalue weighted by Crippen LogP contribution is 2.32. The van der Waals surface area contributed by atoms with Gasteiger partial charge in [0, 0.05) is 5.56 Å². The summed E-state index contributed by atoms with van der Waals surface area (Å²) in [5.74, 6) is -0.148. The molecule has 16 heavy (non-hydrogen) atoms. The van der Waals surface area contributed by atoms with E-state index in [9.17, 15) is 9.50 Å². The molecule has 2 aromatic carbocycles. The third-order valence-corrected chi connectivity index (χ3v) is 2.74. The largest absolute Gasteiger partial charge is 0.508 e. The molecule has 0 aliphatic carbocycles. The minimum absolute atomic E-state index is 0.208. The molecule has 0 atom stereocenters. The highest BCUT2D eigenvalue weighted by Gasteiger charge is 2.07. The van der Waals surface area contributed by atoms with E-state index in [0.29, 0.717) is 5.02 Å². The molecular formula is C13H10ClFO. The lowest BCUT2D eigenvalue weighted by molar-refractivity contribution is 0.475. The third kappa shape index (κ3) is 2.02. The van der Waals surface area contributed by atoms with E-state index in [1.54, 1.807) is 24.3 Å². The maximum atomic E-state index is 12.9. The maximum Gasteiger partial charge on any atom is 0.124 e. The highest BCUT2D eigenvalue weighted by atomic mass is 35.5. The van der Waals surface area contributed by atoms with Crippen molar-refractivity contribution in [3.63, 3.8) is 0 Å². The van der Waals surface area contributed by atoms with Crippen molar-refractivity contribution in [1.29, 1.82) is 0 Å². The molecule has 0 fully saturated rings. The zero-order chi connectivity index (χ0) is 11.7. The van der Waals surface area contributed by atoms with Crippen molar-refractivity contribution in [2.75, 3.05) is 0 Å². The first-order valence-corrected chi connectivity index (χ1v) is 5.21. The van der Waals surface area contributed by atoms with Crippen LogP contribution in [-0.4, -0.2) is 5.11 Å². The van der Waals surface area contributed by atoms with Crippen molar-refractivity contribution < 1.29 is 9.50 Å². The number of phenolic OH excluding ortho intramolecular Hbond substituents is 1. The fourth-order valence-electron chi connectivity index (χ4n) is 1.66. The highest BCUT2D eigenvalue weighted by molar-refractivity contribution is 6.33. The van der Waals surface area contributed by atoms with Gasteiger partial charge in [0.1, 0.15) is 11.6 Å². The Bertz CT molecular complexity index is 488. The van der Waals surface area contributed by atoms with Gasteiger partial charge in [0.15, 0.2) is 0 Å². The number of aromatic hydroxyl groups is 1. The van der Waals surface area contributed by atoms with Gasteiger partial charge in [-0.15, -0.1) is 0 Å². The first-order valence-electron chi connectivity index (χ1n) is 4.83. The molecule has 0 saturated carbocycles. The Labute approximate surface area is 98.1 Å². The number of rotatable bonds is 1. The predicted octanol–water partition coefficient (Wildman–Crippen LogP) is 4.16. The molecule has 0 saturated heterocycles. The molecule has 2 aromatic rings. The zero-order valence-corrected chi connectivity index (χ0v) is 9.42. The molecule has 3 heteroatoms. The fraction of sp³-hybridized carbons (Fsp3) is 0.0769. The van der Waals surface area contributed by atoms with Crippen molar-refractivity contribution in [2.24, 2.45) is 0 Å². The Balaban J connectivity index is 2.59. The van der Waals surface area contributed by atoms with Crippen LogP contribution >= 0.6 is 11.6 Å². The predicted molar refractivity (Wildman–Crippen MR) is 63.2 cm³/mol. The van der Waals surface area contributed by atoms with E-state index in [4.69, 9.17) is 11.6 Å². The number of halogens is 2. The van der Waals surface area contributed by atoms with E-state index < -0.39 is 0 Å². The Morgan fingerprint density at radius 2 is 1.75 bits per heavy atom. The summed E-state index contributed by atoms with van der Waals surface area (Å²) in [6.07, 6.45) is 0. The van der Waals surface area contributed by atoms with Crippen molar-refractivity contribution >= 4 is 11.6 Å². The summed E-state index contributed by atoms with van der Waals surface area (Å²) in [6, 6.07) is 9.29. The molecule has 0 aliphatic heterocycles. The topological polar surface area (TPSA) is 20.2 Å². The molecule has 82 valence electrons. The van der Waals surface area contributed by atoms with E-state index in [1.807, 2.05) is 6.92 Å². The molecule has 0 radical (unpaired) electrons. The standard InChI is InChI=1S/C13H10ClFO/c1-8-6-10(16)3-5-11(8)12-4-2-9(15)7-13(12)14/h2-7,16H,1H3. The second-order valence-electron chi connectivity index (χ2n) is 3.62. The minimum atomic E-state index is -0.356. The van der Waals surface area contributed by atoms with Crippen LogP contribution in [0.15, 0.2) is 36.4 Å². The number of aryl methyl sites for hydroxylation is 1. The lowest BCUT2D eigenvalue weighted by atomic mass is 10.0. The molecule has 0 bridgehead atoms. The fourth-order valence-corrected chi connectivity index (χ4v) is 1.93. The summed E-state index contributed by atoms with van der Waals surface area (Å²) < 4.78 is 12.9. The molecule has 0 amide bonds. The lowest BCUT2D eigenvalue weighted by Crippen LogP contribution is -1.85. The first-order chi connectivity index (χ1) is 7.58. The average Bonchev–Trinajstić information content (AvgIpc) is 2.19. The van der Waals surface area contributed by atoms with Crippen molar-refractivity contribution in [3.05, 3.63) is 52.8 Å². The third-order valence-electron chi connectivity index (χ3n) is 2.43. The summed E-state index contributed by atoms with van der Waals surface area (Å²) in [5.41, 5.74) is 2.55. The molecule has 0 aliphatic rings. The van der Waals surface area contributed by atoms with Crippen molar-refractivity contribution in [1.82, 2.24) is 0 Å². The number of hydrogen-bond acceptors (Lipinski definition) is 1. The SMILES string of the molecule is Cc1cc(O)ccc1-c1ccc(F)cc1Cl. The summed E-state index contributed by atoms with van der Waals surface area (Å²) in [7, 11) is 0. The van der Waals surface area contributed by atoms with E-state index in [1.165, 1.54) is 12.1 Å². The quantitative estimate of drug-likeness (QED) is 0.788. The van der Waals surface area contributed by atoms with Gasteiger partial charge in [-0.1, -0.05) is 17.7 Å². The molecule has 2 rings (SSSR count). The maximum absolute atomic E-state index is 12.9. The summed E-state index contributed by atoms with van der Waals surface area (Å²) >= 11 is 5.97. The van der Waals surface area contributed by atoms with Gasteiger partial charge in [-0.3, -0.25) is 0 Å². The molecule has 1 nitrogen and oxygen atoms in total. The average molecular weight is 237 g/mol. The van der Waals surface area contributed by atoms with Crippen LogP contribution in [0.5, 0.6) is 5.75 Å². The molecule has 1 N–H and O–H groups in total. The van der Waals surface area contributed by atoms with Crippen molar-refractivity contribution in [2.45, 2.75) is 6.92 Å². The van der Waals surface area contributed by atoms with Crippen LogP contribution < -0.4 is 0 Å². The van der Waals surface area contributed by atoms with Gasteiger partial charge in [-0.05, 0) is 48.4 Å². The first kappa shape index (κ1) is 11.0. The van der Waals surface area contributed by atoms with Crippen LogP contribution in [0, 0.1) is 12.7 Å². The number of phenols is 1. The summed E-state index contributed by atoms with van der Waals surface area (Å²) in [5, 5.41) is 9.67. The van der Waals surface area contributed by atoms with Crippen LogP contribution in [0.25, 0.3) is 11.1 Å². The van der Waals surface area contributed by atoms with Gasteiger partial charge in [0.2, 0.25) is 0 Å². The second-order valence-corrected chi connectivity index (χ2v) is 4.03. The summed E-state index contributed by atoms with van der Waals surface area (Å²) in [6.45, 7) is 1.87. The van der Waals surface area contributed by atoms with Crippen LogP contribution in [0.3, 0.4) is 0 Å². The van der Waals surface area contributed by atoms with E-state index in [-0.39, 0.29) is 11.6 Å². The van der Waals surface area contributed by atoms with Gasteiger partial charge in [0.05, 0.1) is 5.02 Å². The van der Waals surface area contributed by atoms with Gasteiger partial charge >= 0.3 is 0 Å². The Morgan fingerprint density at radius 1 is 1.06 bits per heavy atom. The summed E-state index contributed by atoms with van der Waals surface area (Å²) in [4.78, 5) is 0. The minimum Gasteiger partial charge on any atom is -0.508 e. The Hall–Kier alpha value is -1.54. The van der Waals surface area contributed by atoms with Gasteiger partial charge < -0.3 is 5.11 Å². The molecule has 0 aromatic heterocycles. The second kappa shape index (κ2) is 4.14. The molecule has 0 unspecified atom stereocenters. The van der Waals surface area contributed by atoms with Gasteiger partial charge in [0.25, 0.3) is 0 Å². The van der Waals surface area contributed by atoms with E-state index in [0.717, 1.165) is 16.7 Å². The molecule has 0 spiro atoms. The monoisotopic (exact) mass is 236 g/mol. The Morgan fingerprint density at radius 3 is 2.38 bits per heavy atom. The molecular weight excluding hydrogens is 227 g/mol. The van der Waals surface area contributed by atoms with Crippen molar-refractivity contribution in [3.8, 4) is 16.9 Å². The van der Waals surface area contributed by atoms with Gasteiger partial charge in [-0.25, -0.2) is 4.39 Å². The normalized spacial score (nSPS) is 10.4. The van der Waals surface area contributed by atoms with Crippen LogP contribution in [0.2, 0.25) is 5.02 Å². The van der Waals surface area contributed by atoms with Crippen LogP contribution in [0.1, 0.15) is 5.56 Å². The van der Waals surface area contributed by atoms with E-state index in [2.05, 4.69) is 0 Å². The number of hydrogen-bond donors (Lipinski definition) is 1. The Kier molecular flexibility index (Phi) is 2.84. The zero-order valence-electron chi connectivity index (χ0n) is 8.67. The van der Waals surface area contributed by atoms with Crippen LogP contribution in [0.4, 0.5) is 4.39 Å².